The Balaban J connectivity index is 1.54. The molecule has 162 valence electrons. The third kappa shape index (κ3) is 3.09. The standard InChI is InChI=1S/C26H20N4O3/c1-31-20-4-2-3-16(9-20)17-5-7-23-21(10-17)26(14-32-25(27)30-26)22-11-18(6-8-24(22)33-23)19-12-28-15-29-13-19/h2-13,15H,14H2,1H3,(H2,27,30)/t26-/m1/s1. The number of nitrogens with zero attached hydrogens (tertiary/aromatic N) is 3. The molecule has 0 saturated carbocycles. The molecule has 0 aliphatic carbocycles. The van der Waals surface area contributed by atoms with Gasteiger partial charge >= 0.3 is 0 Å². The van der Waals surface area contributed by atoms with Gasteiger partial charge in [0.25, 0.3) is 6.02 Å². The van der Waals surface area contributed by atoms with Crippen molar-refractivity contribution in [3.8, 4) is 39.5 Å². The van der Waals surface area contributed by atoms with E-state index >= 15 is 0 Å². The van der Waals surface area contributed by atoms with Crippen LogP contribution in [0.1, 0.15) is 11.1 Å². The monoisotopic (exact) mass is 436 g/mol. The number of rotatable bonds is 3. The maximum atomic E-state index is 6.30. The summed E-state index contributed by atoms with van der Waals surface area (Å²) >= 11 is 0. The molecule has 7 heteroatoms. The number of amidine groups is 1. The fraction of sp³-hybridized carbons (Fsp3) is 0.115. The van der Waals surface area contributed by atoms with Gasteiger partial charge in [0.2, 0.25) is 0 Å². The van der Waals surface area contributed by atoms with Crippen LogP contribution in [0.4, 0.5) is 0 Å². The lowest BCUT2D eigenvalue weighted by Crippen LogP contribution is -2.31. The minimum absolute atomic E-state index is 0.161. The van der Waals surface area contributed by atoms with Crippen LogP contribution in [0.25, 0.3) is 22.3 Å². The van der Waals surface area contributed by atoms with Crippen LogP contribution in [0.15, 0.2) is 84.4 Å². The fourth-order valence-corrected chi connectivity index (χ4v) is 4.46. The number of hydrogen-bond acceptors (Lipinski definition) is 7. The second-order valence-electron chi connectivity index (χ2n) is 7.98. The first-order valence-electron chi connectivity index (χ1n) is 10.5. The molecule has 3 heterocycles. The van der Waals surface area contributed by atoms with Crippen molar-refractivity contribution in [2.75, 3.05) is 13.7 Å². The number of fused-ring (bicyclic) bond motifs is 4. The quantitative estimate of drug-likeness (QED) is 0.508. The van der Waals surface area contributed by atoms with Gasteiger partial charge in [0.15, 0.2) is 5.54 Å². The van der Waals surface area contributed by atoms with Gasteiger partial charge in [-0.1, -0.05) is 24.3 Å². The first-order valence-corrected chi connectivity index (χ1v) is 10.5. The highest BCUT2D eigenvalue weighted by molar-refractivity contribution is 5.79. The number of hydrogen-bond donors (Lipinski definition) is 1. The van der Waals surface area contributed by atoms with Crippen molar-refractivity contribution in [2.45, 2.75) is 5.54 Å². The third-order valence-electron chi connectivity index (χ3n) is 6.10. The highest BCUT2D eigenvalue weighted by Crippen LogP contribution is 2.52. The number of aliphatic imine (C=N–C) groups is 1. The number of nitrogens with two attached hydrogens (primary N) is 1. The average Bonchev–Trinajstić information content (AvgIpc) is 3.26. The number of benzene rings is 3. The van der Waals surface area contributed by atoms with E-state index in [2.05, 4.69) is 22.1 Å². The van der Waals surface area contributed by atoms with Crippen LogP contribution in [-0.2, 0) is 10.3 Å². The predicted molar refractivity (Wildman–Crippen MR) is 124 cm³/mol. The van der Waals surface area contributed by atoms with E-state index < -0.39 is 5.54 Å². The molecule has 2 aliphatic rings. The van der Waals surface area contributed by atoms with Crippen LogP contribution in [0.3, 0.4) is 0 Å². The lowest BCUT2D eigenvalue weighted by atomic mass is 9.79. The maximum Gasteiger partial charge on any atom is 0.283 e. The van der Waals surface area contributed by atoms with E-state index in [1.54, 1.807) is 19.5 Å². The van der Waals surface area contributed by atoms with Gasteiger partial charge in [-0.2, -0.15) is 0 Å². The number of aromatic nitrogens is 2. The van der Waals surface area contributed by atoms with Crippen molar-refractivity contribution < 1.29 is 14.2 Å². The van der Waals surface area contributed by atoms with E-state index in [0.717, 1.165) is 50.6 Å². The van der Waals surface area contributed by atoms with Crippen LogP contribution in [0, 0.1) is 0 Å². The van der Waals surface area contributed by atoms with Crippen molar-refractivity contribution >= 4 is 6.02 Å². The highest BCUT2D eigenvalue weighted by atomic mass is 16.5. The number of methoxy groups -OCH3 is 1. The Morgan fingerprint density at radius 2 is 1.52 bits per heavy atom. The number of ether oxygens (including phenoxy) is 3. The molecule has 6 rings (SSSR count). The molecule has 0 unspecified atom stereocenters. The zero-order valence-corrected chi connectivity index (χ0v) is 17.9. The molecular weight excluding hydrogens is 416 g/mol. The summed E-state index contributed by atoms with van der Waals surface area (Å²) in [5.74, 6) is 2.24. The summed E-state index contributed by atoms with van der Waals surface area (Å²) < 4.78 is 17.4. The molecule has 2 N–H and O–H groups in total. The molecule has 33 heavy (non-hydrogen) atoms. The van der Waals surface area contributed by atoms with Gasteiger partial charge < -0.3 is 19.9 Å². The first kappa shape index (κ1) is 19.3. The second-order valence-corrected chi connectivity index (χ2v) is 7.98. The summed E-state index contributed by atoms with van der Waals surface area (Å²) in [6, 6.07) is 20.2. The van der Waals surface area contributed by atoms with Crippen LogP contribution in [0.5, 0.6) is 17.2 Å². The van der Waals surface area contributed by atoms with E-state index in [1.165, 1.54) is 6.33 Å². The SMILES string of the molecule is COc1cccc(-c2ccc3c(c2)[C@]2(COC(N)=N2)c2cc(-c4cncnc4)ccc2O3)c1. The van der Waals surface area contributed by atoms with Crippen LogP contribution in [-0.4, -0.2) is 29.7 Å². The van der Waals surface area contributed by atoms with Gasteiger partial charge in [-0.05, 0) is 53.1 Å². The Morgan fingerprint density at radius 1 is 0.848 bits per heavy atom. The Kier molecular flexibility index (Phi) is 4.29. The Hall–Kier alpha value is -4.39. The van der Waals surface area contributed by atoms with E-state index in [4.69, 9.17) is 24.9 Å². The zero-order chi connectivity index (χ0) is 22.4. The van der Waals surface area contributed by atoms with E-state index in [9.17, 15) is 0 Å². The molecule has 3 aromatic carbocycles. The molecule has 1 aromatic heterocycles. The van der Waals surface area contributed by atoms with Crippen molar-refractivity contribution in [3.63, 3.8) is 0 Å². The van der Waals surface area contributed by atoms with Crippen LogP contribution < -0.4 is 15.2 Å². The summed E-state index contributed by atoms with van der Waals surface area (Å²) in [6.45, 7) is 0.290. The fourth-order valence-electron chi connectivity index (χ4n) is 4.46. The molecular formula is C26H20N4O3. The molecule has 0 bridgehead atoms. The first-order chi connectivity index (χ1) is 16.2. The molecule has 4 aromatic rings. The van der Waals surface area contributed by atoms with Gasteiger partial charge in [0.1, 0.15) is 30.2 Å². The summed E-state index contributed by atoms with van der Waals surface area (Å²) in [4.78, 5) is 13.1. The van der Waals surface area contributed by atoms with Gasteiger partial charge in [0, 0.05) is 29.1 Å². The van der Waals surface area contributed by atoms with Gasteiger partial charge in [-0.3, -0.25) is 0 Å². The predicted octanol–water partition coefficient (Wildman–Crippen LogP) is 4.51. The smallest absolute Gasteiger partial charge is 0.283 e. The minimum Gasteiger partial charge on any atom is -0.497 e. The Labute approximate surface area is 190 Å². The van der Waals surface area contributed by atoms with E-state index in [-0.39, 0.29) is 6.02 Å². The molecule has 2 aliphatic heterocycles. The Morgan fingerprint density at radius 3 is 2.15 bits per heavy atom. The van der Waals surface area contributed by atoms with Crippen LogP contribution >= 0.6 is 0 Å². The largest absolute Gasteiger partial charge is 0.497 e. The molecule has 1 atom stereocenters. The third-order valence-corrected chi connectivity index (χ3v) is 6.10. The zero-order valence-electron chi connectivity index (χ0n) is 17.9. The highest BCUT2D eigenvalue weighted by Gasteiger charge is 2.47. The topological polar surface area (TPSA) is 91.9 Å². The summed E-state index contributed by atoms with van der Waals surface area (Å²) in [5, 5.41) is 0. The van der Waals surface area contributed by atoms with Crippen molar-refractivity contribution in [1.82, 2.24) is 9.97 Å². The Bertz CT molecular complexity index is 1400. The molecule has 1 spiro atoms. The summed E-state index contributed by atoms with van der Waals surface area (Å²) in [6.07, 6.45) is 5.07. The van der Waals surface area contributed by atoms with E-state index in [0.29, 0.717) is 6.61 Å². The lowest BCUT2D eigenvalue weighted by molar-refractivity contribution is 0.264. The van der Waals surface area contributed by atoms with Crippen molar-refractivity contribution in [1.29, 1.82) is 0 Å². The second kappa shape index (κ2) is 7.34. The normalized spacial score (nSPS) is 18.0. The summed E-state index contributed by atoms with van der Waals surface area (Å²) in [5.41, 5.74) is 10.9. The van der Waals surface area contributed by atoms with Gasteiger partial charge in [0.05, 0.1) is 7.11 Å². The molecule has 0 fully saturated rings. The molecule has 0 saturated heterocycles. The summed E-state index contributed by atoms with van der Waals surface area (Å²) in [7, 11) is 1.66. The average molecular weight is 436 g/mol. The van der Waals surface area contributed by atoms with E-state index in [1.807, 2.05) is 48.5 Å². The minimum atomic E-state index is -0.812. The van der Waals surface area contributed by atoms with Gasteiger partial charge in [-0.25, -0.2) is 15.0 Å². The molecule has 0 amide bonds. The lowest BCUT2D eigenvalue weighted by Gasteiger charge is -2.34. The van der Waals surface area contributed by atoms with Crippen molar-refractivity contribution in [2.24, 2.45) is 10.7 Å². The molecule has 0 radical (unpaired) electrons. The van der Waals surface area contributed by atoms with Crippen molar-refractivity contribution in [3.05, 3.63) is 90.5 Å². The van der Waals surface area contributed by atoms with Crippen LogP contribution in [0.2, 0.25) is 0 Å². The maximum absolute atomic E-state index is 6.30. The molecule has 7 nitrogen and oxygen atoms in total. The van der Waals surface area contributed by atoms with Gasteiger partial charge in [-0.15, -0.1) is 0 Å².